The van der Waals surface area contributed by atoms with Gasteiger partial charge in [0.2, 0.25) is 0 Å². The summed E-state index contributed by atoms with van der Waals surface area (Å²) in [5.41, 5.74) is 2.09. The van der Waals surface area contributed by atoms with E-state index in [-0.39, 0.29) is 5.78 Å². The lowest BCUT2D eigenvalue weighted by atomic mass is 10.0. The molecule has 0 saturated heterocycles. The molecular formula is C12H19NO. The van der Waals surface area contributed by atoms with Crippen molar-refractivity contribution >= 4 is 5.78 Å². The summed E-state index contributed by atoms with van der Waals surface area (Å²) in [5.74, 6) is 0.278. The van der Waals surface area contributed by atoms with Crippen molar-refractivity contribution in [2.75, 3.05) is 0 Å². The summed E-state index contributed by atoms with van der Waals surface area (Å²) in [6.45, 7) is 4.20. The Kier molecular flexibility index (Phi) is 4.44. The van der Waals surface area contributed by atoms with Crippen molar-refractivity contribution in [3.63, 3.8) is 0 Å². The van der Waals surface area contributed by atoms with Crippen molar-refractivity contribution in [3.8, 4) is 0 Å². The molecule has 2 nitrogen and oxygen atoms in total. The van der Waals surface area contributed by atoms with Gasteiger partial charge in [-0.2, -0.15) is 0 Å². The summed E-state index contributed by atoms with van der Waals surface area (Å²) in [4.78, 5) is 14.7. The molecule has 0 fully saturated rings. The molecule has 0 aliphatic rings. The molecule has 1 rings (SSSR count). The van der Waals surface area contributed by atoms with Crippen LogP contribution in [-0.2, 0) is 6.42 Å². The van der Waals surface area contributed by atoms with E-state index < -0.39 is 0 Å². The van der Waals surface area contributed by atoms with Gasteiger partial charge in [-0.05, 0) is 24.8 Å². The number of ketones is 1. The van der Waals surface area contributed by atoms with Gasteiger partial charge in [0.1, 0.15) is 0 Å². The second-order valence-electron chi connectivity index (χ2n) is 3.67. The molecule has 0 unspecified atom stereocenters. The van der Waals surface area contributed by atoms with Crippen molar-refractivity contribution < 1.29 is 4.79 Å². The van der Waals surface area contributed by atoms with Crippen LogP contribution in [0.3, 0.4) is 0 Å². The highest BCUT2D eigenvalue weighted by Crippen LogP contribution is 2.14. The summed E-state index contributed by atoms with van der Waals surface area (Å²) in [5, 5.41) is 0. The summed E-state index contributed by atoms with van der Waals surface area (Å²) >= 11 is 0. The normalized spacial score (nSPS) is 10.4. The number of nitrogens with one attached hydrogen (secondary N) is 1. The minimum Gasteiger partial charge on any atom is -0.367 e. The number of unbranched alkanes of at least 4 members (excludes halogenated alkanes) is 1. The first kappa shape index (κ1) is 11.0. The molecule has 0 spiro atoms. The van der Waals surface area contributed by atoms with Crippen molar-refractivity contribution in [2.24, 2.45) is 0 Å². The fourth-order valence-corrected chi connectivity index (χ4v) is 1.59. The van der Waals surface area contributed by atoms with E-state index in [1.807, 2.05) is 19.3 Å². The third-order valence-electron chi connectivity index (χ3n) is 2.41. The van der Waals surface area contributed by atoms with Gasteiger partial charge in [0.05, 0.1) is 0 Å². The monoisotopic (exact) mass is 193 g/mol. The molecule has 0 aromatic carbocycles. The van der Waals surface area contributed by atoms with Gasteiger partial charge in [-0.3, -0.25) is 4.79 Å². The van der Waals surface area contributed by atoms with Gasteiger partial charge in [0.15, 0.2) is 5.78 Å². The van der Waals surface area contributed by atoms with Gasteiger partial charge in [0.25, 0.3) is 0 Å². The van der Waals surface area contributed by atoms with Crippen LogP contribution < -0.4 is 0 Å². The van der Waals surface area contributed by atoms with Crippen LogP contribution in [0.1, 0.15) is 55.5 Å². The standard InChI is InChI=1S/C12H19NO/c1-3-5-7-10-8-13-9-11(10)12(14)6-4-2/h8-9,13H,3-7H2,1-2H3. The Morgan fingerprint density at radius 2 is 2.07 bits per heavy atom. The Labute approximate surface area is 85.7 Å². The minimum absolute atomic E-state index is 0.278. The summed E-state index contributed by atoms with van der Waals surface area (Å²) < 4.78 is 0. The molecule has 1 aromatic heterocycles. The lowest BCUT2D eigenvalue weighted by molar-refractivity contribution is 0.0981. The molecule has 0 bridgehead atoms. The molecule has 1 heterocycles. The van der Waals surface area contributed by atoms with Gasteiger partial charge in [-0.25, -0.2) is 0 Å². The van der Waals surface area contributed by atoms with Gasteiger partial charge < -0.3 is 4.98 Å². The van der Waals surface area contributed by atoms with Crippen molar-refractivity contribution in [1.29, 1.82) is 0 Å². The lowest BCUT2D eigenvalue weighted by Gasteiger charge is -2.00. The maximum Gasteiger partial charge on any atom is 0.164 e. The summed E-state index contributed by atoms with van der Waals surface area (Å²) in [6, 6.07) is 0. The highest BCUT2D eigenvalue weighted by atomic mass is 16.1. The van der Waals surface area contributed by atoms with Crippen molar-refractivity contribution in [3.05, 3.63) is 23.5 Å². The molecule has 2 heteroatoms. The maximum absolute atomic E-state index is 11.7. The quantitative estimate of drug-likeness (QED) is 0.690. The third kappa shape index (κ3) is 2.72. The van der Waals surface area contributed by atoms with E-state index in [4.69, 9.17) is 0 Å². The number of carbonyl (C=O) groups excluding carboxylic acids is 1. The van der Waals surface area contributed by atoms with Crippen LogP contribution >= 0.6 is 0 Å². The van der Waals surface area contributed by atoms with Gasteiger partial charge in [0, 0.05) is 24.4 Å². The summed E-state index contributed by atoms with van der Waals surface area (Å²) in [7, 11) is 0. The molecule has 1 aromatic rings. The Hall–Kier alpha value is -1.05. The minimum atomic E-state index is 0.278. The van der Waals surface area contributed by atoms with Crippen molar-refractivity contribution in [1.82, 2.24) is 4.98 Å². The number of aromatic nitrogens is 1. The van der Waals surface area contributed by atoms with E-state index in [1.165, 1.54) is 12.0 Å². The molecule has 78 valence electrons. The average molecular weight is 193 g/mol. The van der Waals surface area contributed by atoms with E-state index >= 15 is 0 Å². The largest absolute Gasteiger partial charge is 0.367 e. The first-order valence-electron chi connectivity index (χ1n) is 5.48. The highest BCUT2D eigenvalue weighted by molar-refractivity contribution is 5.97. The predicted octanol–water partition coefficient (Wildman–Crippen LogP) is 3.34. The number of aromatic amines is 1. The van der Waals surface area contributed by atoms with Gasteiger partial charge in [-0.1, -0.05) is 20.3 Å². The number of hydrogen-bond donors (Lipinski definition) is 1. The number of rotatable bonds is 6. The molecule has 14 heavy (non-hydrogen) atoms. The van der Waals surface area contributed by atoms with Crippen LogP contribution in [0.4, 0.5) is 0 Å². The fraction of sp³-hybridized carbons (Fsp3) is 0.583. The topological polar surface area (TPSA) is 32.9 Å². The Balaban J connectivity index is 2.66. The molecule has 1 N–H and O–H groups in total. The van der Waals surface area contributed by atoms with Gasteiger partial charge >= 0.3 is 0 Å². The van der Waals surface area contributed by atoms with Crippen LogP contribution in [0.5, 0.6) is 0 Å². The molecule has 0 atom stereocenters. The zero-order valence-electron chi connectivity index (χ0n) is 9.10. The molecule has 0 saturated carbocycles. The van der Waals surface area contributed by atoms with E-state index in [1.54, 1.807) is 0 Å². The fourth-order valence-electron chi connectivity index (χ4n) is 1.59. The second-order valence-corrected chi connectivity index (χ2v) is 3.67. The highest BCUT2D eigenvalue weighted by Gasteiger charge is 2.10. The van der Waals surface area contributed by atoms with Crippen LogP contribution in [0.25, 0.3) is 0 Å². The maximum atomic E-state index is 11.7. The Morgan fingerprint density at radius 3 is 2.71 bits per heavy atom. The first-order chi connectivity index (χ1) is 6.79. The zero-order valence-corrected chi connectivity index (χ0v) is 9.10. The van der Waals surface area contributed by atoms with Crippen LogP contribution in [0.2, 0.25) is 0 Å². The third-order valence-corrected chi connectivity index (χ3v) is 2.41. The zero-order chi connectivity index (χ0) is 10.4. The van der Waals surface area contributed by atoms with Crippen molar-refractivity contribution in [2.45, 2.75) is 46.0 Å². The van der Waals surface area contributed by atoms with E-state index in [0.29, 0.717) is 6.42 Å². The number of Topliss-reactive ketones (excluding diaryl/α,β-unsaturated/α-hetero) is 1. The molecule has 0 aliphatic carbocycles. The predicted molar refractivity (Wildman–Crippen MR) is 58.6 cm³/mol. The molecule has 0 aliphatic heterocycles. The number of hydrogen-bond acceptors (Lipinski definition) is 1. The van der Waals surface area contributed by atoms with E-state index in [2.05, 4.69) is 11.9 Å². The Bertz CT molecular complexity index is 288. The van der Waals surface area contributed by atoms with Gasteiger partial charge in [-0.15, -0.1) is 0 Å². The Morgan fingerprint density at radius 1 is 1.29 bits per heavy atom. The average Bonchev–Trinajstić information content (AvgIpc) is 2.63. The SMILES string of the molecule is CCCCc1c[nH]cc1C(=O)CCC. The van der Waals surface area contributed by atoms with Crippen LogP contribution in [0, 0.1) is 0 Å². The summed E-state index contributed by atoms with van der Waals surface area (Å²) in [6.07, 6.45) is 8.73. The van der Waals surface area contributed by atoms with Crippen LogP contribution in [-0.4, -0.2) is 10.8 Å². The molecule has 0 radical (unpaired) electrons. The lowest BCUT2D eigenvalue weighted by Crippen LogP contribution is -2.00. The second kappa shape index (κ2) is 5.63. The number of H-pyrrole nitrogens is 1. The molecular weight excluding hydrogens is 174 g/mol. The van der Waals surface area contributed by atoms with Crippen LogP contribution in [0.15, 0.2) is 12.4 Å². The number of aryl methyl sites for hydroxylation is 1. The first-order valence-corrected chi connectivity index (χ1v) is 5.48. The number of carbonyl (C=O) groups is 1. The smallest absolute Gasteiger partial charge is 0.164 e. The molecule has 0 amide bonds. The van der Waals surface area contributed by atoms with E-state index in [0.717, 1.165) is 24.8 Å². The van der Waals surface area contributed by atoms with E-state index in [9.17, 15) is 4.79 Å².